The molecule has 3 aromatic heterocycles. The van der Waals surface area contributed by atoms with Crippen LogP contribution in [0.3, 0.4) is 0 Å². The second kappa shape index (κ2) is 9.55. The standard InChI is InChI=1S/C27H24N6O3/c34-27(31-25-17-24(32-36-25)18-4-2-1-3-5-18)29-20-8-6-19(7-9-20)23-16-21-22(30-23)10-11-28-26(21)33-12-14-35-15-13-33/h1-11,16-17,30H,12-15H2,(H2,29,31,34). The maximum Gasteiger partial charge on any atom is 0.326 e. The van der Waals surface area contributed by atoms with Gasteiger partial charge in [-0.15, -0.1) is 0 Å². The molecule has 1 saturated heterocycles. The van der Waals surface area contributed by atoms with Gasteiger partial charge in [-0.3, -0.25) is 5.32 Å². The molecule has 0 spiro atoms. The van der Waals surface area contributed by atoms with E-state index in [1.807, 2.05) is 66.9 Å². The van der Waals surface area contributed by atoms with Gasteiger partial charge in [0.1, 0.15) is 11.5 Å². The number of rotatable bonds is 5. The van der Waals surface area contributed by atoms with Gasteiger partial charge < -0.3 is 24.5 Å². The van der Waals surface area contributed by atoms with E-state index in [0.29, 0.717) is 24.6 Å². The lowest BCUT2D eigenvalue weighted by molar-refractivity contribution is 0.122. The predicted octanol–water partition coefficient (Wildman–Crippen LogP) is 5.37. The zero-order valence-electron chi connectivity index (χ0n) is 19.4. The molecule has 6 rings (SSSR count). The number of carbonyl (C=O) groups is 1. The van der Waals surface area contributed by atoms with Crippen LogP contribution in [-0.2, 0) is 4.74 Å². The van der Waals surface area contributed by atoms with Crippen LogP contribution in [-0.4, -0.2) is 47.5 Å². The fourth-order valence-electron chi connectivity index (χ4n) is 4.31. The van der Waals surface area contributed by atoms with Crippen molar-refractivity contribution in [2.75, 3.05) is 41.8 Å². The number of ether oxygens (including phenoxy) is 1. The van der Waals surface area contributed by atoms with E-state index in [2.05, 4.69) is 36.7 Å². The third-order valence-electron chi connectivity index (χ3n) is 6.11. The van der Waals surface area contributed by atoms with Crippen molar-refractivity contribution in [3.05, 3.63) is 79.0 Å². The van der Waals surface area contributed by atoms with Crippen molar-refractivity contribution in [1.29, 1.82) is 0 Å². The van der Waals surface area contributed by atoms with Crippen LogP contribution in [0.5, 0.6) is 0 Å². The molecule has 1 aliphatic heterocycles. The van der Waals surface area contributed by atoms with Gasteiger partial charge in [0.25, 0.3) is 0 Å². The Morgan fingerprint density at radius 3 is 2.53 bits per heavy atom. The monoisotopic (exact) mass is 480 g/mol. The molecule has 0 saturated carbocycles. The Balaban J connectivity index is 1.14. The second-order valence-electron chi connectivity index (χ2n) is 8.48. The molecule has 36 heavy (non-hydrogen) atoms. The molecule has 9 nitrogen and oxygen atoms in total. The van der Waals surface area contributed by atoms with Crippen molar-refractivity contribution >= 4 is 34.3 Å². The molecular formula is C27H24N6O3. The number of carbonyl (C=O) groups excluding carboxylic acids is 1. The summed E-state index contributed by atoms with van der Waals surface area (Å²) in [6.45, 7) is 3.08. The average molecular weight is 481 g/mol. The fourth-order valence-corrected chi connectivity index (χ4v) is 4.31. The number of H-pyrrole nitrogens is 1. The summed E-state index contributed by atoms with van der Waals surface area (Å²) in [4.78, 5) is 22.8. The Labute approximate surface area is 207 Å². The molecule has 1 fully saturated rings. The minimum absolute atomic E-state index is 0.269. The van der Waals surface area contributed by atoms with E-state index < -0.39 is 6.03 Å². The molecule has 0 unspecified atom stereocenters. The summed E-state index contributed by atoms with van der Waals surface area (Å²) in [6, 6.07) is 22.6. The van der Waals surface area contributed by atoms with E-state index in [-0.39, 0.29) is 5.88 Å². The first kappa shape index (κ1) is 21.9. The van der Waals surface area contributed by atoms with Crippen LogP contribution in [0.2, 0.25) is 0 Å². The lowest BCUT2D eigenvalue weighted by Crippen LogP contribution is -2.36. The number of hydrogen-bond acceptors (Lipinski definition) is 6. The number of benzene rings is 2. The van der Waals surface area contributed by atoms with Gasteiger partial charge in [-0.25, -0.2) is 9.78 Å². The zero-order valence-corrected chi connectivity index (χ0v) is 19.4. The molecule has 3 N–H and O–H groups in total. The maximum absolute atomic E-state index is 12.5. The summed E-state index contributed by atoms with van der Waals surface area (Å²) in [6.07, 6.45) is 1.83. The Morgan fingerprint density at radius 2 is 1.72 bits per heavy atom. The maximum atomic E-state index is 12.5. The van der Waals surface area contributed by atoms with Gasteiger partial charge >= 0.3 is 6.03 Å². The predicted molar refractivity (Wildman–Crippen MR) is 139 cm³/mol. The highest BCUT2D eigenvalue weighted by Crippen LogP contribution is 2.31. The number of nitrogens with one attached hydrogen (secondary N) is 3. The highest BCUT2D eigenvalue weighted by molar-refractivity contribution is 5.99. The van der Waals surface area contributed by atoms with Crippen LogP contribution in [0.4, 0.5) is 22.2 Å². The molecule has 0 radical (unpaired) electrons. The Hall–Kier alpha value is -4.63. The first-order chi connectivity index (χ1) is 17.7. The Morgan fingerprint density at radius 1 is 0.917 bits per heavy atom. The number of pyridine rings is 1. The third-order valence-corrected chi connectivity index (χ3v) is 6.11. The summed E-state index contributed by atoms with van der Waals surface area (Å²) in [5.74, 6) is 1.24. The zero-order chi connectivity index (χ0) is 24.3. The van der Waals surface area contributed by atoms with Gasteiger partial charge in [0.2, 0.25) is 5.88 Å². The smallest absolute Gasteiger partial charge is 0.326 e. The molecule has 2 amide bonds. The fraction of sp³-hybridized carbons (Fsp3) is 0.148. The van der Waals surface area contributed by atoms with Gasteiger partial charge in [-0.2, -0.15) is 0 Å². The van der Waals surface area contributed by atoms with Crippen molar-refractivity contribution in [2.24, 2.45) is 0 Å². The molecule has 0 bridgehead atoms. The van der Waals surface area contributed by atoms with E-state index in [9.17, 15) is 4.79 Å². The Kier molecular flexibility index (Phi) is 5.80. The number of urea groups is 1. The van der Waals surface area contributed by atoms with Crippen LogP contribution in [0, 0.1) is 0 Å². The first-order valence-corrected chi connectivity index (χ1v) is 11.7. The minimum Gasteiger partial charge on any atom is -0.378 e. The largest absolute Gasteiger partial charge is 0.378 e. The summed E-state index contributed by atoms with van der Waals surface area (Å²) < 4.78 is 10.7. The lowest BCUT2D eigenvalue weighted by atomic mass is 10.1. The second-order valence-corrected chi connectivity index (χ2v) is 8.48. The van der Waals surface area contributed by atoms with Crippen molar-refractivity contribution in [3.63, 3.8) is 0 Å². The van der Waals surface area contributed by atoms with E-state index in [4.69, 9.17) is 9.26 Å². The molecule has 180 valence electrons. The molecule has 9 heteroatoms. The number of fused-ring (bicyclic) bond motifs is 1. The molecule has 4 heterocycles. The van der Waals surface area contributed by atoms with E-state index in [1.165, 1.54) is 0 Å². The molecule has 0 atom stereocenters. The highest BCUT2D eigenvalue weighted by atomic mass is 16.5. The van der Waals surface area contributed by atoms with Crippen molar-refractivity contribution in [3.8, 4) is 22.5 Å². The number of morpholine rings is 1. The van der Waals surface area contributed by atoms with Crippen molar-refractivity contribution < 1.29 is 14.1 Å². The van der Waals surface area contributed by atoms with Gasteiger partial charge in [0, 0.05) is 47.7 Å². The topological polar surface area (TPSA) is 108 Å². The van der Waals surface area contributed by atoms with Crippen molar-refractivity contribution in [2.45, 2.75) is 0 Å². The number of nitrogens with zero attached hydrogens (tertiary/aromatic N) is 3. The van der Waals surface area contributed by atoms with Gasteiger partial charge in [0.15, 0.2) is 0 Å². The summed E-state index contributed by atoms with van der Waals surface area (Å²) in [5, 5.41) is 10.6. The van der Waals surface area contributed by atoms with Gasteiger partial charge in [-0.1, -0.05) is 47.6 Å². The minimum atomic E-state index is -0.412. The van der Waals surface area contributed by atoms with Crippen LogP contribution in [0.25, 0.3) is 33.4 Å². The van der Waals surface area contributed by atoms with Crippen LogP contribution in [0.15, 0.2) is 83.5 Å². The first-order valence-electron chi connectivity index (χ1n) is 11.7. The molecule has 0 aliphatic carbocycles. The van der Waals surface area contributed by atoms with Crippen LogP contribution in [0.1, 0.15) is 0 Å². The van der Waals surface area contributed by atoms with E-state index >= 15 is 0 Å². The molecular weight excluding hydrogens is 456 g/mol. The van der Waals surface area contributed by atoms with E-state index in [0.717, 1.165) is 46.6 Å². The average Bonchev–Trinajstić information content (AvgIpc) is 3.57. The number of aromatic amines is 1. The number of hydrogen-bond donors (Lipinski definition) is 3. The number of anilines is 3. The normalized spacial score (nSPS) is 13.6. The molecule has 5 aromatic rings. The summed E-state index contributed by atoms with van der Waals surface area (Å²) >= 11 is 0. The summed E-state index contributed by atoms with van der Waals surface area (Å²) in [5.41, 5.74) is 5.25. The highest BCUT2D eigenvalue weighted by Gasteiger charge is 2.17. The van der Waals surface area contributed by atoms with Gasteiger partial charge in [0.05, 0.1) is 18.7 Å². The molecule has 1 aliphatic rings. The third kappa shape index (κ3) is 4.51. The number of amides is 2. The molecule has 2 aromatic carbocycles. The van der Waals surface area contributed by atoms with E-state index in [1.54, 1.807) is 6.07 Å². The van der Waals surface area contributed by atoms with Crippen molar-refractivity contribution in [1.82, 2.24) is 15.1 Å². The Bertz CT molecular complexity index is 1490. The van der Waals surface area contributed by atoms with Gasteiger partial charge in [-0.05, 0) is 29.8 Å². The quantitative estimate of drug-likeness (QED) is 0.312. The lowest BCUT2D eigenvalue weighted by Gasteiger charge is -2.28. The van der Waals surface area contributed by atoms with Crippen LogP contribution >= 0.6 is 0 Å². The summed E-state index contributed by atoms with van der Waals surface area (Å²) in [7, 11) is 0. The number of aromatic nitrogens is 3. The van der Waals surface area contributed by atoms with Crippen LogP contribution < -0.4 is 15.5 Å². The SMILES string of the molecule is O=C(Nc1ccc(-c2cc3c(N4CCOCC4)nccc3[nH]2)cc1)Nc1cc(-c2ccccc2)no1.